The molecule has 34 heavy (non-hydrogen) atoms. The number of nitrogens with zero attached hydrogens (tertiary/aromatic N) is 5. The first-order valence-electron chi connectivity index (χ1n) is 11.0. The van der Waals surface area contributed by atoms with E-state index in [0.29, 0.717) is 36.2 Å². The van der Waals surface area contributed by atoms with Gasteiger partial charge in [-0.15, -0.1) is 0 Å². The molecule has 3 heterocycles. The van der Waals surface area contributed by atoms with Crippen molar-refractivity contribution < 1.29 is 19.7 Å². The minimum Gasteiger partial charge on any atom is -0.481 e. The van der Waals surface area contributed by atoms with Crippen LogP contribution < -0.4 is 19.9 Å². The Morgan fingerprint density at radius 1 is 1.21 bits per heavy atom. The summed E-state index contributed by atoms with van der Waals surface area (Å²) in [7, 11) is 3.48. The third-order valence-corrected chi connectivity index (χ3v) is 5.63. The summed E-state index contributed by atoms with van der Waals surface area (Å²) in [6, 6.07) is 12.8. The Kier molecular flexibility index (Phi) is 7.19. The van der Waals surface area contributed by atoms with Gasteiger partial charge in [0, 0.05) is 38.2 Å². The molecular formula is C24H28N6O4. The molecule has 0 fully saturated rings. The van der Waals surface area contributed by atoms with Gasteiger partial charge < -0.3 is 19.8 Å². The maximum atomic E-state index is 13.2. The normalized spacial score (nSPS) is 14.2. The Hall–Kier alpha value is -3.76. The van der Waals surface area contributed by atoms with Crippen LogP contribution in [-0.2, 0) is 6.42 Å². The molecule has 1 aromatic carbocycles. The number of rotatable bonds is 6. The molecule has 3 aromatic rings. The Labute approximate surface area is 197 Å². The van der Waals surface area contributed by atoms with E-state index in [1.807, 2.05) is 43.4 Å². The smallest absolute Gasteiger partial charge is 0.328 e. The molecule has 2 aromatic heterocycles. The second-order valence-corrected chi connectivity index (χ2v) is 8.08. The van der Waals surface area contributed by atoms with Gasteiger partial charge in [0.2, 0.25) is 5.88 Å². The Morgan fingerprint density at radius 2 is 2.06 bits per heavy atom. The number of methoxy groups -OCH3 is 1. The topological polar surface area (TPSA) is 124 Å². The van der Waals surface area contributed by atoms with Gasteiger partial charge in [-0.3, -0.25) is 10.2 Å². The van der Waals surface area contributed by atoms with Crippen LogP contribution in [0.4, 0.5) is 22.1 Å². The van der Waals surface area contributed by atoms with Gasteiger partial charge in [0.1, 0.15) is 12.1 Å². The highest BCUT2D eigenvalue weighted by atomic mass is 16.5. The number of aliphatic hydroxyl groups is 2. The number of ether oxygens (including phenoxy) is 1. The third-order valence-electron chi connectivity index (χ3n) is 5.63. The number of aliphatic hydroxyl groups excluding tert-OH is 2. The van der Waals surface area contributed by atoms with Gasteiger partial charge in [-0.05, 0) is 30.2 Å². The molecule has 0 aliphatic carbocycles. The molecule has 10 nitrogen and oxygen atoms in total. The SMILES string of the molecule is COc1cc(NC(=O)N2CCCN(C)c3ccc(-c4cccc(CC(O)CO)c4)nc32)ncn1. The summed E-state index contributed by atoms with van der Waals surface area (Å²) in [5.41, 5.74) is 3.30. The lowest BCUT2D eigenvalue weighted by Crippen LogP contribution is -2.36. The van der Waals surface area contributed by atoms with Crippen molar-refractivity contribution in [2.24, 2.45) is 0 Å². The highest BCUT2D eigenvalue weighted by molar-refractivity contribution is 6.03. The number of carbonyl (C=O) groups excluding carboxylic acids is 1. The van der Waals surface area contributed by atoms with Crippen molar-refractivity contribution in [1.29, 1.82) is 0 Å². The lowest BCUT2D eigenvalue weighted by atomic mass is 10.0. The molecule has 0 saturated carbocycles. The van der Waals surface area contributed by atoms with Crippen molar-refractivity contribution in [1.82, 2.24) is 15.0 Å². The summed E-state index contributed by atoms with van der Waals surface area (Å²) >= 11 is 0. The number of aromatic nitrogens is 3. The molecule has 2 amide bonds. The predicted octanol–water partition coefficient (Wildman–Crippen LogP) is 2.32. The third kappa shape index (κ3) is 5.24. The molecule has 10 heteroatoms. The van der Waals surface area contributed by atoms with Crippen molar-refractivity contribution in [2.75, 3.05) is 49.0 Å². The van der Waals surface area contributed by atoms with Crippen LogP contribution in [0.25, 0.3) is 11.3 Å². The Bertz CT molecular complexity index is 1160. The van der Waals surface area contributed by atoms with Gasteiger partial charge >= 0.3 is 6.03 Å². The van der Waals surface area contributed by atoms with E-state index in [4.69, 9.17) is 14.8 Å². The van der Waals surface area contributed by atoms with Crippen molar-refractivity contribution in [2.45, 2.75) is 18.9 Å². The average molecular weight is 465 g/mol. The van der Waals surface area contributed by atoms with Crippen LogP contribution in [0.15, 0.2) is 48.8 Å². The Morgan fingerprint density at radius 3 is 2.85 bits per heavy atom. The summed E-state index contributed by atoms with van der Waals surface area (Å²) in [6.45, 7) is 0.980. The monoisotopic (exact) mass is 464 g/mol. The number of pyridine rings is 1. The number of hydrogen-bond donors (Lipinski definition) is 3. The molecule has 178 valence electrons. The number of amides is 2. The molecule has 1 aliphatic heterocycles. The fraction of sp³-hybridized carbons (Fsp3) is 0.333. The summed E-state index contributed by atoms with van der Waals surface area (Å²) in [5.74, 6) is 1.24. The number of urea groups is 1. The van der Waals surface area contributed by atoms with Crippen LogP contribution in [0, 0.1) is 0 Å². The first kappa shape index (κ1) is 23.4. The molecule has 0 spiro atoms. The summed E-state index contributed by atoms with van der Waals surface area (Å²) in [5, 5.41) is 21.8. The van der Waals surface area contributed by atoms with Crippen LogP contribution in [0.3, 0.4) is 0 Å². The van der Waals surface area contributed by atoms with E-state index in [2.05, 4.69) is 20.2 Å². The van der Waals surface area contributed by atoms with Gasteiger partial charge in [0.15, 0.2) is 5.82 Å². The standard InChI is InChI=1S/C24H28N6O4/c1-29-9-4-10-30(24(33)28-21-13-22(34-2)26-15-25-21)23-20(29)8-7-19(27-23)17-6-3-5-16(11-17)12-18(32)14-31/h3,5-8,11,13,15,18,31-32H,4,9-10,12,14H2,1-2H3,(H,25,26,28,33). The minimum absolute atomic E-state index is 0.296. The van der Waals surface area contributed by atoms with Gasteiger partial charge in [-0.25, -0.2) is 19.7 Å². The van der Waals surface area contributed by atoms with Crippen molar-refractivity contribution in [3.8, 4) is 17.1 Å². The molecule has 1 aliphatic rings. The molecule has 1 atom stereocenters. The van der Waals surface area contributed by atoms with Crippen molar-refractivity contribution in [3.63, 3.8) is 0 Å². The molecule has 3 N–H and O–H groups in total. The van der Waals surface area contributed by atoms with Crippen LogP contribution in [-0.4, -0.2) is 71.2 Å². The summed E-state index contributed by atoms with van der Waals surface area (Å²) < 4.78 is 5.11. The molecule has 0 bridgehead atoms. The molecular weight excluding hydrogens is 436 g/mol. The second kappa shape index (κ2) is 10.4. The van der Waals surface area contributed by atoms with Gasteiger partial charge in [0.25, 0.3) is 0 Å². The number of carbonyl (C=O) groups is 1. The molecule has 4 rings (SSSR count). The maximum Gasteiger partial charge on any atom is 0.328 e. The molecule has 0 saturated heterocycles. The zero-order chi connectivity index (χ0) is 24.1. The van der Waals surface area contributed by atoms with Crippen molar-refractivity contribution in [3.05, 3.63) is 54.4 Å². The van der Waals surface area contributed by atoms with E-state index in [1.54, 1.807) is 11.0 Å². The van der Waals surface area contributed by atoms with E-state index in [9.17, 15) is 9.90 Å². The average Bonchev–Trinajstić information content (AvgIpc) is 3.02. The first-order valence-corrected chi connectivity index (χ1v) is 11.0. The number of anilines is 3. The summed E-state index contributed by atoms with van der Waals surface area (Å²) in [4.78, 5) is 29.9. The zero-order valence-electron chi connectivity index (χ0n) is 19.2. The predicted molar refractivity (Wildman–Crippen MR) is 129 cm³/mol. The van der Waals surface area contributed by atoms with Crippen LogP contribution in [0.1, 0.15) is 12.0 Å². The Balaban J connectivity index is 1.66. The number of benzene rings is 1. The van der Waals surface area contributed by atoms with Crippen molar-refractivity contribution >= 4 is 23.4 Å². The highest BCUT2D eigenvalue weighted by Crippen LogP contribution is 2.33. The maximum absolute atomic E-state index is 13.2. The van der Waals surface area contributed by atoms with Crippen LogP contribution in [0.2, 0.25) is 0 Å². The van der Waals surface area contributed by atoms with E-state index in [-0.39, 0.29) is 12.6 Å². The lowest BCUT2D eigenvalue weighted by molar-refractivity contribution is 0.0955. The van der Waals surface area contributed by atoms with Gasteiger partial charge in [-0.2, -0.15) is 0 Å². The largest absolute Gasteiger partial charge is 0.481 e. The van der Waals surface area contributed by atoms with Gasteiger partial charge in [-0.1, -0.05) is 18.2 Å². The van der Waals surface area contributed by atoms with E-state index < -0.39 is 6.10 Å². The van der Waals surface area contributed by atoms with Crippen LogP contribution in [0.5, 0.6) is 5.88 Å². The van der Waals surface area contributed by atoms with Crippen LogP contribution >= 0.6 is 0 Å². The van der Waals surface area contributed by atoms with Gasteiger partial charge in [0.05, 0.1) is 31.2 Å². The lowest BCUT2D eigenvalue weighted by Gasteiger charge is -2.24. The molecule has 1 unspecified atom stereocenters. The van der Waals surface area contributed by atoms with E-state index in [1.165, 1.54) is 13.4 Å². The minimum atomic E-state index is -0.816. The van der Waals surface area contributed by atoms with E-state index in [0.717, 1.165) is 29.8 Å². The number of nitrogens with one attached hydrogen (secondary N) is 1. The van der Waals surface area contributed by atoms with E-state index >= 15 is 0 Å². The quantitative estimate of drug-likeness (QED) is 0.508. The number of hydrogen-bond acceptors (Lipinski definition) is 8. The molecule has 0 radical (unpaired) electrons. The highest BCUT2D eigenvalue weighted by Gasteiger charge is 2.26. The first-order chi connectivity index (χ1) is 16.5. The second-order valence-electron chi connectivity index (χ2n) is 8.08. The fourth-order valence-corrected chi connectivity index (χ4v) is 3.88. The summed E-state index contributed by atoms with van der Waals surface area (Å²) in [6.07, 6.45) is 1.63. The zero-order valence-corrected chi connectivity index (χ0v) is 19.2. The fourth-order valence-electron chi connectivity index (χ4n) is 3.88. The number of fused-ring (bicyclic) bond motifs is 1.